The average Bonchev–Trinajstić information content (AvgIpc) is 3.35. The molecule has 1 aromatic heterocycles. The number of hydrogen-bond donors (Lipinski definition) is 2. The van der Waals surface area contributed by atoms with Crippen LogP contribution in [0.4, 0.5) is 10.5 Å². The van der Waals surface area contributed by atoms with E-state index >= 15 is 0 Å². The molecule has 0 saturated carbocycles. The van der Waals surface area contributed by atoms with Crippen LogP contribution in [0.3, 0.4) is 0 Å². The average molecular weight is 463 g/mol. The molecule has 3 aromatic rings. The second-order valence-corrected chi connectivity index (χ2v) is 9.32. The van der Waals surface area contributed by atoms with Crippen molar-refractivity contribution in [1.29, 1.82) is 0 Å². The van der Waals surface area contributed by atoms with Crippen LogP contribution in [0, 0.1) is 6.92 Å². The van der Waals surface area contributed by atoms with Crippen molar-refractivity contribution in [2.75, 3.05) is 25.0 Å². The van der Waals surface area contributed by atoms with Crippen LogP contribution in [0.15, 0.2) is 53.9 Å². The number of anilines is 1. The molecule has 0 atom stereocenters. The summed E-state index contributed by atoms with van der Waals surface area (Å²) in [5.74, 6) is 0.0842. The minimum Gasteiger partial charge on any atom is -0.338 e. The van der Waals surface area contributed by atoms with Crippen LogP contribution in [0.5, 0.6) is 0 Å². The van der Waals surface area contributed by atoms with Gasteiger partial charge >= 0.3 is 6.03 Å². The van der Waals surface area contributed by atoms with Crippen LogP contribution in [0.1, 0.15) is 53.2 Å². The maximum Gasteiger partial charge on any atom is 0.317 e. The zero-order valence-electron chi connectivity index (χ0n) is 19.1. The fraction of sp³-hybridized carbons (Fsp3) is 0.346. The largest absolute Gasteiger partial charge is 0.338 e. The Morgan fingerprint density at radius 2 is 1.88 bits per heavy atom. The van der Waals surface area contributed by atoms with E-state index in [1.165, 1.54) is 11.3 Å². The number of rotatable bonds is 6. The second kappa shape index (κ2) is 10.6. The lowest BCUT2D eigenvalue weighted by Gasteiger charge is -2.31. The molecule has 1 saturated heterocycles. The number of carbonyl (C=O) groups excluding carboxylic acids is 2. The van der Waals surface area contributed by atoms with Gasteiger partial charge in [0.05, 0.1) is 5.01 Å². The summed E-state index contributed by atoms with van der Waals surface area (Å²) in [5, 5.41) is 8.80. The highest BCUT2D eigenvalue weighted by Crippen LogP contribution is 2.32. The zero-order valence-corrected chi connectivity index (χ0v) is 20.0. The molecule has 7 heteroatoms. The molecule has 4 rings (SSSR count). The summed E-state index contributed by atoms with van der Waals surface area (Å²) in [4.78, 5) is 31.7. The van der Waals surface area contributed by atoms with Crippen molar-refractivity contribution in [2.45, 2.75) is 39.0 Å². The summed E-state index contributed by atoms with van der Waals surface area (Å²) in [5.41, 5.74) is 4.41. The summed E-state index contributed by atoms with van der Waals surface area (Å²) < 4.78 is 0. The van der Waals surface area contributed by atoms with E-state index in [9.17, 15) is 9.59 Å². The monoisotopic (exact) mass is 462 g/mol. The first kappa shape index (κ1) is 23.0. The molecule has 0 unspecified atom stereocenters. The minimum atomic E-state index is -0.199. The number of carbonyl (C=O) groups is 2. The Labute approximate surface area is 199 Å². The number of benzene rings is 2. The Bertz CT molecular complexity index is 1100. The summed E-state index contributed by atoms with van der Waals surface area (Å²) in [6.45, 7) is 6.22. The van der Waals surface area contributed by atoms with E-state index in [0.717, 1.165) is 46.6 Å². The normalized spacial score (nSPS) is 14.2. The van der Waals surface area contributed by atoms with Crippen molar-refractivity contribution >= 4 is 29.0 Å². The fourth-order valence-corrected chi connectivity index (χ4v) is 5.03. The van der Waals surface area contributed by atoms with Gasteiger partial charge < -0.3 is 15.5 Å². The van der Waals surface area contributed by atoms with Gasteiger partial charge in [0, 0.05) is 42.2 Å². The molecular weight excluding hydrogens is 432 g/mol. The molecule has 2 heterocycles. The summed E-state index contributed by atoms with van der Waals surface area (Å²) in [6.07, 6.45) is 2.66. The zero-order chi connectivity index (χ0) is 23.2. The first-order valence-corrected chi connectivity index (χ1v) is 12.4. The Balaban J connectivity index is 1.41. The predicted molar refractivity (Wildman–Crippen MR) is 134 cm³/mol. The van der Waals surface area contributed by atoms with Crippen molar-refractivity contribution in [3.63, 3.8) is 0 Å². The number of urea groups is 1. The maximum atomic E-state index is 13.0. The molecule has 2 N–H and O–H groups in total. The lowest BCUT2D eigenvalue weighted by atomic mass is 9.98. The smallest absolute Gasteiger partial charge is 0.317 e. The van der Waals surface area contributed by atoms with Gasteiger partial charge in [0.15, 0.2) is 0 Å². The molecule has 2 aromatic carbocycles. The topological polar surface area (TPSA) is 74.3 Å². The third-order valence-electron chi connectivity index (χ3n) is 5.92. The van der Waals surface area contributed by atoms with Gasteiger partial charge in [-0.3, -0.25) is 4.79 Å². The van der Waals surface area contributed by atoms with Gasteiger partial charge in [-0.1, -0.05) is 48.9 Å². The number of hydrogen-bond acceptors (Lipinski definition) is 4. The fourth-order valence-electron chi connectivity index (χ4n) is 4.06. The molecule has 1 fully saturated rings. The van der Waals surface area contributed by atoms with Crippen LogP contribution in [0.2, 0.25) is 0 Å². The highest BCUT2D eigenvalue weighted by molar-refractivity contribution is 7.10. The van der Waals surface area contributed by atoms with E-state index in [4.69, 9.17) is 0 Å². The lowest BCUT2D eigenvalue weighted by Crippen LogP contribution is -2.44. The quantitative estimate of drug-likeness (QED) is 0.496. The number of thiazole rings is 1. The molecule has 0 spiro atoms. The van der Waals surface area contributed by atoms with Crippen molar-refractivity contribution in [3.8, 4) is 11.1 Å². The first-order chi connectivity index (χ1) is 16.0. The van der Waals surface area contributed by atoms with E-state index in [-0.39, 0.29) is 17.9 Å². The van der Waals surface area contributed by atoms with Crippen LogP contribution in [-0.4, -0.2) is 41.5 Å². The van der Waals surface area contributed by atoms with E-state index in [1.807, 2.05) is 66.6 Å². The molecule has 1 aliphatic rings. The maximum absolute atomic E-state index is 13.0. The second-order valence-electron chi connectivity index (χ2n) is 8.43. The summed E-state index contributed by atoms with van der Waals surface area (Å²) in [7, 11) is 0. The molecule has 6 nitrogen and oxygen atoms in total. The SMILES string of the molecule is CCCNC(=O)N1CCC(c2nc(C(=O)Nc3ccc(C)cc3-c3ccccc3)cs2)CC1. The van der Waals surface area contributed by atoms with Crippen LogP contribution in [-0.2, 0) is 0 Å². The Morgan fingerprint density at radius 3 is 2.61 bits per heavy atom. The summed E-state index contributed by atoms with van der Waals surface area (Å²) in [6, 6.07) is 16.1. The highest BCUT2D eigenvalue weighted by Gasteiger charge is 2.26. The number of nitrogens with one attached hydrogen (secondary N) is 2. The molecule has 0 radical (unpaired) electrons. The predicted octanol–water partition coefficient (Wildman–Crippen LogP) is 5.67. The first-order valence-electron chi connectivity index (χ1n) is 11.5. The number of likely N-dealkylation sites (tertiary alicyclic amines) is 1. The van der Waals surface area contributed by atoms with Gasteiger partial charge in [0.25, 0.3) is 5.91 Å². The van der Waals surface area contributed by atoms with E-state index in [2.05, 4.69) is 21.7 Å². The third kappa shape index (κ3) is 5.60. The molecule has 172 valence electrons. The highest BCUT2D eigenvalue weighted by atomic mass is 32.1. The van der Waals surface area contributed by atoms with Crippen molar-refractivity contribution in [1.82, 2.24) is 15.2 Å². The number of nitrogens with zero attached hydrogens (tertiary/aromatic N) is 2. The van der Waals surface area contributed by atoms with E-state index < -0.39 is 0 Å². The van der Waals surface area contributed by atoms with Gasteiger partial charge in [-0.05, 0) is 43.9 Å². The standard InChI is InChI=1S/C26H30N4O2S/c1-3-13-27-26(32)30-14-11-20(12-15-30)25-29-23(17-33-25)24(31)28-22-10-9-18(2)16-21(22)19-7-5-4-6-8-19/h4-10,16-17,20H,3,11-15H2,1-2H3,(H,27,32)(H,28,31). The Morgan fingerprint density at radius 1 is 1.12 bits per heavy atom. The molecule has 0 aliphatic carbocycles. The third-order valence-corrected chi connectivity index (χ3v) is 6.93. The molecule has 33 heavy (non-hydrogen) atoms. The van der Waals surface area contributed by atoms with Crippen molar-refractivity contribution in [2.24, 2.45) is 0 Å². The van der Waals surface area contributed by atoms with E-state index in [0.29, 0.717) is 25.3 Å². The van der Waals surface area contributed by atoms with E-state index in [1.54, 1.807) is 0 Å². The van der Waals surface area contributed by atoms with Crippen LogP contribution < -0.4 is 10.6 Å². The summed E-state index contributed by atoms with van der Waals surface area (Å²) >= 11 is 1.53. The number of aromatic nitrogens is 1. The Hall–Kier alpha value is -3.19. The number of amides is 3. The molecular formula is C26H30N4O2S. The van der Waals surface area contributed by atoms with Crippen molar-refractivity contribution < 1.29 is 9.59 Å². The Kier molecular flexibility index (Phi) is 7.40. The van der Waals surface area contributed by atoms with Gasteiger partial charge in [0.2, 0.25) is 0 Å². The minimum absolute atomic E-state index is 0.0156. The number of piperidine rings is 1. The van der Waals surface area contributed by atoms with Gasteiger partial charge in [-0.2, -0.15) is 0 Å². The van der Waals surface area contributed by atoms with Gasteiger partial charge in [-0.25, -0.2) is 9.78 Å². The van der Waals surface area contributed by atoms with Crippen LogP contribution >= 0.6 is 11.3 Å². The van der Waals surface area contributed by atoms with Gasteiger partial charge in [-0.15, -0.1) is 11.3 Å². The molecule has 1 aliphatic heterocycles. The van der Waals surface area contributed by atoms with Gasteiger partial charge in [0.1, 0.15) is 5.69 Å². The molecule has 0 bridgehead atoms. The molecule has 3 amide bonds. The van der Waals surface area contributed by atoms with Crippen LogP contribution in [0.25, 0.3) is 11.1 Å². The lowest BCUT2D eigenvalue weighted by molar-refractivity contribution is 0.102. The number of aryl methyl sites for hydroxylation is 1. The van der Waals surface area contributed by atoms with Crippen molar-refractivity contribution in [3.05, 3.63) is 70.2 Å².